The highest BCUT2D eigenvalue weighted by Crippen LogP contribution is 2.35. The fraction of sp³-hybridized carbons (Fsp3) is 0.111. The molecule has 0 aliphatic rings. The average Bonchev–Trinajstić information content (AvgIpc) is 2.16. The monoisotopic (exact) mass is 245 g/mol. The van der Waals surface area contributed by atoms with Crippen LogP contribution in [0.15, 0.2) is 12.1 Å². The van der Waals surface area contributed by atoms with E-state index >= 15 is 0 Å². The smallest absolute Gasteiger partial charge is 0.291 e. The number of hydrogen-bond donors (Lipinski definition) is 0. The van der Waals surface area contributed by atoms with Crippen molar-refractivity contribution in [3.8, 4) is 18.1 Å². The second-order valence-electron chi connectivity index (χ2n) is 2.48. The summed E-state index contributed by atoms with van der Waals surface area (Å²) in [4.78, 5) is 9.92. The van der Waals surface area contributed by atoms with Gasteiger partial charge >= 0.3 is 0 Å². The minimum absolute atomic E-state index is 0.0154. The largest absolute Gasteiger partial charge is 0.479 e. The second-order valence-corrected chi connectivity index (χ2v) is 3.30. The molecule has 0 fully saturated rings. The summed E-state index contributed by atoms with van der Waals surface area (Å²) in [6.07, 6.45) is 4.98. The molecular weight excluding hydrogens is 241 g/mol. The van der Waals surface area contributed by atoms with E-state index in [1.54, 1.807) is 0 Å². The van der Waals surface area contributed by atoms with Gasteiger partial charge in [-0.05, 0) is 6.07 Å². The quantitative estimate of drug-likeness (QED) is 0.468. The minimum Gasteiger partial charge on any atom is -0.479 e. The van der Waals surface area contributed by atoms with Gasteiger partial charge in [0.05, 0.1) is 16.0 Å². The summed E-state index contributed by atoms with van der Waals surface area (Å²) in [5.41, 5.74) is -0.270. The van der Waals surface area contributed by atoms with Crippen molar-refractivity contribution in [2.24, 2.45) is 0 Å². The molecule has 0 spiro atoms. The molecular formula is C9H5Cl2NO3. The third-order valence-corrected chi connectivity index (χ3v) is 2.11. The van der Waals surface area contributed by atoms with Crippen LogP contribution in [0.3, 0.4) is 0 Å². The Balaban J connectivity index is 3.13. The van der Waals surface area contributed by atoms with E-state index in [1.165, 1.54) is 6.07 Å². The van der Waals surface area contributed by atoms with E-state index in [4.69, 9.17) is 34.4 Å². The Morgan fingerprint density at radius 2 is 2.13 bits per heavy atom. The second kappa shape index (κ2) is 4.87. The van der Waals surface area contributed by atoms with Crippen LogP contribution in [0.5, 0.6) is 5.75 Å². The first-order valence-corrected chi connectivity index (χ1v) is 4.51. The van der Waals surface area contributed by atoms with Crippen LogP contribution in [0, 0.1) is 22.5 Å². The van der Waals surface area contributed by atoms with Crippen LogP contribution in [0.25, 0.3) is 0 Å². The van der Waals surface area contributed by atoms with Crippen molar-refractivity contribution in [2.45, 2.75) is 0 Å². The van der Waals surface area contributed by atoms with E-state index in [2.05, 4.69) is 5.92 Å². The molecule has 0 saturated carbocycles. The molecule has 1 aromatic carbocycles. The van der Waals surface area contributed by atoms with Crippen LogP contribution in [0.4, 0.5) is 5.69 Å². The molecule has 0 bridgehead atoms. The molecule has 78 valence electrons. The van der Waals surface area contributed by atoms with Crippen molar-refractivity contribution < 1.29 is 9.66 Å². The number of nitro groups is 1. The van der Waals surface area contributed by atoms with Gasteiger partial charge < -0.3 is 4.74 Å². The number of ether oxygens (including phenoxy) is 1. The Hall–Kier alpha value is -1.44. The van der Waals surface area contributed by atoms with Crippen molar-refractivity contribution in [1.82, 2.24) is 0 Å². The molecule has 0 amide bonds. The molecule has 0 aliphatic carbocycles. The maximum Gasteiger partial charge on any atom is 0.291 e. The van der Waals surface area contributed by atoms with Crippen LogP contribution in [0.2, 0.25) is 10.0 Å². The minimum atomic E-state index is -0.624. The number of benzene rings is 1. The Bertz CT molecular complexity index is 440. The first kappa shape index (κ1) is 11.6. The van der Waals surface area contributed by atoms with Gasteiger partial charge in [-0.1, -0.05) is 29.1 Å². The SMILES string of the molecule is C#CCOc1cc([N+](=O)[O-])c(Cl)cc1Cl. The highest BCUT2D eigenvalue weighted by molar-refractivity contribution is 6.36. The van der Waals surface area contributed by atoms with Crippen molar-refractivity contribution >= 4 is 28.9 Å². The Labute approximate surface area is 95.9 Å². The molecule has 0 radical (unpaired) electrons. The summed E-state index contributed by atoms with van der Waals surface area (Å²) < 4.78 is 5.00. The molecule has 0 heterocycles. The lowest BCUT2D eigenvalue weighted by Gasteiger charge is -2.05. The molecule has 0 aliphatic heterocycles. The normalized spacial score (nSPS) is 9.40. The van der Waals surface area contributed by atoms with Crippen LogP contribution < -0.4 is 4.74 Å². The molecule has 0 atom stereocenters. The number of terminal acetylenes is 1. The average molecular weight is 246 g/mol. The summed E-state index contributed by atoms with van der Waals surface area (Å²) in [6.45, 7) is -0.0154. The van der Waals surface area contributed by atoms with Crippen molar-refractivity contribution in [1.29, 1.82) is 0 Å². The molecule has 0 aromatic heterocycles. The molecule has 6 heteroatoms. The first-order chi connectivity index (χ1) is 7.06. The van der Waals surface area contributed by atoms with Gasteiger partial charge in [-0.15, -0.1) is 6.42 Å². The van der Waals surface area contributed by atoms with E-state index in [-0.39, 0.29) is 28.1 Å². The lowest BCUT2D eigenvalue weighted by atomic mass is 10.3. The predicted octanol–water partition coefficient (Wildman–Crippen LogP) is 2.91. The fourth-order valence-electron chi connectivity index (χ4n) is 0.888. The Morgan fingerprint density at radius 3 is 2.67 bits per heavy atom. The van der Waals surface area contributed by atoms with Crippen molar-refractivity contribution in [3.05, 3.63) is 32.3 Å². The molecule has 0 N–H and O–H groups in total. The van der Waals surface area contributed by atoms with Crippen LogP contribution in [-0.4, -0.2) is 11.5 Å². The zero-order valence-corrected chi connectivity index (χ0v) is 8.88. The van der Waals surface area contributed by atoms with Crippen molar-refractivity contribution in [3.63, 3.8) is 0 Å². The fourth-order valence-corrected chi connectivity index (χ4v) is 1.40. The lowest BCUT2D eigenvalue weighted by molar-refractivity contribution is -0.384. The molecule has 4 nitrogen and oxygen atoms in total. The topological polar surface area (TPSA) is 52.4 Å². The van der Waals surface area contributed by atoms with Crippen LogP contribution in [-0.2, 0) is 0 Å². The standard InChI is InChI=1S/C9H5Cl2NO3/c1-2-3-15-9-5-8(12(13)14)6(10)4-7(9)11/h1,4-5H,3H2. The van der Waals surface area contributed by atoms with Crippen LogP contribution in [0.1, 0.15) is 0 Å². The van der Waals surface area contributed by atoms with Gasteiger partial charge in [-0.2, -0.15) is 0 Å². The Kier molecular flexibility index (Phi) is 3.78. The van der Waals surface area contributed by atoms with Gasteiger partial charge in [0.25, 0.3) is 5.69 Å². The van der Waals surface area contributed by atoms with E-state index in [0.29, 0.717) is 0 Å². The van der Waals surface area contributed by atoms with E-state index in [9.17, 15) is 10.1 Å². The van der Waals surface area contributed by atoms with E-state index in [0.717, 1.165) is 6.07 Å². The summed E-state index contributed by atoms with van der Waals surface area (Å²) in [5.74, 6) is 2.37. The highest BCUT2D eigenvalue weighted by atomic mass is 35.5. The van der Waals surface area contributed by atoms with Gasteiger partial charge in [0, 0.05) is 0 Å². The summed E-state index contributed by atoms with van der Waals surface area (Å²) in [5, 5.41) is 10.7. The van der Waals surface area contributed by atoms with Gasteiger partial charge in [0.2, 0.25) is 0 Å². The third-order valence-electron chi connectivity index (χ3n) is 1.51. The van der Waals surface area contributed by atoms with Gasteiger partial charge in [-0.3, -0.25) is 10.1 Å². The van der Waals surface area contributed by atoms with Gasteiger partial charge in [0.1, 0.15) is 17.4 Å². The van der Waals surface area contributed by atoms with E-state index in [1.807, 2.05) is 0 Å². The summed E-state index contributed by atoms with van der Waals surface area (Å²) >= 11 is 11.3. The zero-order chi connectivity index (χ0) is 11.4. The highest BCUT2D eigenvalue weighted by Gasteiger charge is 2.16. The maximum atomic E-state index is 10.5. The number of nitrogens with zero attached hydrogens (tertiary/aromatic N) is 1. The lowest BCUT2D eigenvalue weighted by Crippen LogP contribution is -1.96. The number of halogens is 2. The predicted molar refractivity (Wildman–Crippen MR) is 57.4 cm³/mol. The van der Waals surface area contributed by atoms with Crippen LogP contribution >= 0.6 is 23.2 Å². The number of hydrogen-bond acceptors (Lipinski definition) is 3. The number of nitro benzene ring substituents is 1. The third kappa shape index (κ3) is 2.75. The molecule has 1 aromatic rings. The zero-order valence-electron chi connectivity index (χ0n) is 7.37. The maximum absolute atomic E-state index is 10.5. The molecule has 15 heavy (non-hydrogen) atoms. The Morgan fingerprint density at radius 1 is 1.47 bits per heavy atom. The van der Waals surface area contributed by atoms with Gasteiger partial charge in [0.15, 0.2) is 0 Å². The molecule has 1 rings (SSSR count). The van der Waals surface area contributed by atoms with Crippen molar-refractivity contribution in [2.75, 3.05) is 6.61 Å². The first-order valence-electron chi connectivity index (χ1n) is 3.76. The summed E-state index contributed by atoms with van der Waals surface area (Å²) in [6, 6.07) is 2.38. The molecule has 0 unspecified atom stereocenters. The van der Waals surface area contributed by atoms with Gasteiger partial charge in [-0.25, -0.2) is 0 Å². The molecule has 0 saturated heterocycles. The number of rotatable bonds is 3. The summed E-state index contributed by atoms with van der Waals surface area (Å²) in [7, 11) is 0. The van der Waals surface area contributed by atoms with E-state index < -0.39 is 4.92 Å².